The standard InChI is InChI=1S/C15H30O/c1-4-6-7-8-9-10-11-12-14-15(16-3)13-5-2/h5,15H,2,4,6-14H2,1,3H3. The fraction of sp³-hybridized carbons (Fsp3) is 0.867. The van der Waals surface area contributed by atoms with Crippen LogP contribution < -0.4 is 0 Å². The highest BCUT2D eigenvalue weighted by molar-refractivity contribution is 4.73. The summed E-state index contributed by atoms with van der Waals surface area (Å²) in [5, 5.41) is 0. The summed E-state index contributed by atoms with van der Waals surface area (Å²) in [4.78, 5) is 0. The Balaban J connectivity index is 3.15. The molecule has 0 heterocycles. The molecule has 0 aliphatic carbocycles. The average Bonchev–Trinajstić information content (AvgIpc) is 2.31. The van der Waals surface area contributed by atoms with E-state index in [9.17, 15) is 0 Å². The van der Waals surface area contributed by atoms with E-state index < -0.39 is 0 Å². The molecule has 16 heavy (non-hydrogen) atoms. The molecule has 1 unspecified atom stereocenters. The minimum atomic E-state index is 0.401. The molecule has 96 valence electrons. The van der Waals surface area contributed by atoms with Crippen LogP contribution in [0.2, 0.25) is 0 Å². The smallest absolute Gasteiger partial charge is 0.0605 e. The Labute approximate surface area is 102 Å². The molecule has 0 saturated carbocycles. The van der Waals surface area contributed by atoms with Crippen LogP contribution in [0.1, 0.15) is 71.1 Å². The van der Waals surface area contributed by atoms with Crippen LogP contribution in [0.5, 0.6) is 0 Å². The van der Waals surface area contributed by atoms with Crippen molar-refractivity contribution in [1.29, 1.82) is 0 Å². The van der Waals surface area contributed by atoms with Gasteiger partial charge >= 0.3 is 0 Å². The van der Waals surface area contributed by atoms with E-state index in [1.54, 1.807) is 7.11 Å². The van der Waals surface area contributed by atoms with Crippen LogP contribution in [-0.4, -0.2) is 13.2 Å². The summed E-state index contributed by atoms with van der Waals surface area (Å²) in [6, 6.07) is 0. The fourth-order valence-corrected chi connectivity index (χ4v) is 2.02. The number of ether oxygens (including phenoxy) is 1. The molecule has 0 saturated heterocycles. The van der Waals surface area contributed by atoms with E-state index >= 15 is 0 Å². The number of unbranched alkanes of at least 4 members (excludes halogenated alkanes) is 7. The Bertz CT molecular complexity index is 142. The van der Waals surface area contributed by atoms with Crippen molar-refractivity contribution in [3.8, 4) is 0 Å². The third-order valence-corrected chi connectivity index (χ3v) is 3.14. The monoisotopic (exact) mass is 226 g/mol. The molecule has 0 aromatic carbocycles. The van der Waals surface area contributed by atoms with Gasteiger partial charge in [0.05, 0.1) is 6.10 Å². The predicted octanol–water partition coefficient (Wildman–Crippen LogP) is 5.11. The Kier molecular flexibility index (Phi) is 12.5. The molecule has 1 heteroatoms. The van der Waals surface area contributed by atoms with E-state index in [0.717, 1.165) is 6.42 Å². The van der Waals surface area contributed by atoms with Crippen LogP contribution in [0.3, 0.4) is 0 Å². The van der Waals surface area contributed by atoms with E-state index in [4.69, 9.17) is 4.74 Å². The van der Waals surface area contributed by atoms with Gasteiger partial charge < -0.3 is 4.74 Å². The first-order valence-corrected chi connectivity index (χ1v) is 6.98. The van der Waals surface area contributed by atoms with Crippen LogP contribution in [-0.2, 0) is 4.74 Å². The normalized spacial score (nSPS) is 12.6. The zero-order chi connectivity index (χ0) is 12.1. The van der Waals surface area contributed by atoms with Gasteiger partial charge in [-0.15, -0.1) is 6.58 Å². The van der Waals surface area contributed by atoms with Crippen molar-refractivity contribution in [2.75, 3.05) is 7.11 Å². The SMILES string of the molecule is C=CCC(CCCCCCCCCC)OC. The highest BCUT2D eigenvalue weighted by atomic mass is 16.5. The summed E-state index contributed by atoms with van der Waals surface area (Å²) in [5.41, 5.74) is 0. The van der Waals surface area contributed by atoms with Crippen LogP contribution in [0.4, 0.5) is 0 Å². The fourth-order valence-electron chi connectivity index (χ4n) is 2.02. The second kappa shape index (κ2) is 12.8. The largest absolute Gasteiger partial charge is 0.381 e. The van der Waals surface area contributed by atoms with Gasteiger partial charge in [0.15, 0.2) is 0 Å². The molecule has 0 amide bonds. The molecule has 0 rings (SSSR count). The first kappa shape index (κ1) is 15.7. The van der Waals surface area contributed by atoms with Crippen LogP contribution in [0.25, 0.3) is 0 Å². The molecule has 1 nitrogen and oxygen atoms in total. The maximum Gasteiger partial charge on any atom is 0.0605 e. The first-order chi connectivity index (χ1) is 7.85. The molecule has 1 atom stereocenters. The Morgan fingerprint density at radius 3 is 2.06 bits per heavy atom. The highest BCUT2D eigenvalue weighted by Gasteiger charge is 2.03. The zero-order valence-corrected chi connectivity index (χ0v) is 11.3. The summed E-state index contributed by atoms with van der Waals surface area (Å²) in [7, 11) is 1.80. The lowest BCUT2D eigenvalue weighted by Crippen LogP contribution is -2.08. The summed E-state index contributed by atoms with van der Waals surface area (Å²) in [6.07, 6.45) is 15.6. The quantitative estimate of drug-likeness (QED) is 0.332. The van der Waals surface area contributed by atoms with Crippen molar-refractivity contribution in [3.05, 3.63) is 12.7 Å². The maximum absolute atomic E-state index is 5.38. The van der Waals surface area contributed by atoms with Gasteiger partial charge in [-0.1, -0.05) is 64.4 Å². The number of methoxy groups -OCH3 is 1. The lowest BCUT2D eigenvalue weighted by molar-refractivity contribution is 0.0953. The van der Waals surface area contributed by atoms with E-state index in [2.05, 4.69) is 13.5 Å². The van der Waals surface area contributed by atoms with E-state index in [0.29, 0.717) is 6.10 Å². The first-order valence-electron chi connectivity index (χ1n) is 6.98. The molecule has 0 aliphatic rings. The Morgan fingerprint density at radius 1 is 1.00 bits per heavy atom. The lowest BCUT2D eigenvalue weighted by Gasteiger charge is -2.12. The third kappa shape index (κ3) is 10.2. The van der Waals surface area contributed by atoms with Gasteiger partial charge in [0, 0.05) is 7.11 Å². The van der Waals surface area contributed by atoms with E-state index in [1.807, 2.05) is 6.08 Å². The van der Waals surface area contributed by atoms with Crippen molar-refractivity contribution in [2.45, 2.75) is 77.2 Å². The molecular weight excluding hydrogens is 196 g/mol. The molecule has 0 aliphatic heterocycles. The van der Waals surface area contributed by atoms with Crippen molar-refractivity contribution >= 4 is 0 Å². The summed E-state index contributed by atoms with van der Waals surface area (Å²) in [5.74, 6) is 0. The van der Waals surface area contributed by atoms with Gasteiger partial charge in [-0.2, -0.15) is 0 Å². The second-order valence-electron chi connectivity index (χ2n) is 4.65. The number of hydrogen-bond donors (Lipinski definition) is 0. The Hall–Kier alpha value is -0.300. The van der Waals surface area contributed by atoms with Gasteiger partial charge in [0.2, 0.25) is 0 Å². The minimum absolute atomic E-state index is 0.401. The van der Waals surface area contributed by atoms with Crippen LogP contribution in [0.15, 0.2) is 12.7 Å². The summed E-state index contributed by atoms with van der Waals surface area (Å²) < 4.78 is 5.38. The van der Waals surface area contributed by atoms with Crippen LogP contribution in [0, 0.1) is 0 Å². The molecule has 0 spiro atoms. The summed E-state index contributed by atoms with van der Waals surface area (Å²) >= 11 is 0. The minimum Gasteiger partial charge on any atom is -0.381 e. The second-order valence-corrected chi connectivity index (χ2v) is 4.65. The summed E-state index contributed by atoms with van der Waals surface area (Å²) in [6.45, 7) is 6.02. The average molecular weight is 226 g/mol. The van der Waals surface area contributed by atoms with E-state index in [-0.39, 0.29) is 0 Å². The molecule has 0 aromatic heterocycles. The third-order valence-electron chi connectivity index (χ3n) is 3.14. The predicted molar refractivity (Wildman–Crippen MR) is 72.8 cm³/mol. The lowest BCUT2D eigenvalue weighted by atomic mass is 10.0. The molecule has 0 fully saturated rings. The van der Waals surface area contributed by atoms with E-state index in [1.165, 1.54) is 57.8 Å². The number of hydrogen-bond acceptors (Lipinski definition) is 1. The molecule has 0 N–H and O–H groups in total. The maximum atomic E-state index is 5.38. The van der Waals surface area contributed by atoms with Crippen molar-refractivity contribution in [3.63, 3.8) is 0 Å². The van der Waals surface area contributed by atoms with Gasteiger partial charge in [0.25, 0.3) is 0 Å². The number of rotatable bonds is 12. The zero-order valence-electron chi connectivity index (χ0n) is 11.3. The van der Waals surface area contributed by atoms with Crippen molar-refractivity contribution in [1.82, 2.24) is 0 Å². The van der Waals surface area contributed by atoms with Crippen LogP contribution >= 0.6 is 0 Å². The molecule has 0 bridgehead atoms. The Morgan fingerprint density at radius 2 is 1.56 bits per heavy atom. The van der Waals surface area contributed by atoms with Gasteiger partial charge in [0.1, 0.15) is 0 Å². The molecule has 0 radical (unpaired) electrons. The molecule has 0 aromatic rings. The van der Waals surface area contributed by atoms with Gasteiger partial charge in [-0.05, 0) is 12.8 Å². The van der Waals surface area contributed by atoms with Crippen molar-refractivity contribution < 1.29 is 4.74 Å². The van der Waals surface area contributed by atoms with Gasteiger partial charge in [-0.3, -0.25) is 0 Å². The highest BCUT2D eigenvalue weighted by Crippen LogP contribution is 2.13. The van der Waals surface area contributed by atoms with Gasteiger partial charge in [-0.25, -0.2) is 0 Å². The topological polar surface area (TPSA) is 9.23 Å². The van der Waals surface area contributed by atoms with Crippen molar-refractivity contribution in [2.24, 2.45) is 0 Å². The molecular formula is C15H30O.